The number of hydrogen-bond donors (Lipinski definition) is 0. The third-order valence-corrected chi connectivity index (χ3v) is 3.81. The molecule has 6 heteroatoms. The molecule has 0 radical (unpaired) electrons. The normalized spacial score (nSPS) is 11.8. The highest BCUT2D eigenvalue weighted by atomic mass is 35.5. The number of alkyl halides is 3. The molecule has 118 valence electrons. The van der Waals surface area contributed by atoms with Gasteiger partial charge in [-0.05, 0) is 23.8 Å². The Labute approximate surface area is 135 Å². The van der Waals surface area contributed by atoms with Crippen LogP contribution in [-0.2, 0) is 6.54 Å². The maximum atomic E-state index is 12.8. The maximum absolute atomic E-state index is 12.8. The van der Waals surface area contributed by atoms with Crippen molar-refractivity contribution in [3.05, 3.63) is 70.9 Å². The first-order valence-electron chi connectivity index (χ1n) is 6.80. The fourth-order valence-electron chi connectivity index (χ4n) is 2.50. The van der Waals surface area contributed by atoms with E-state index >= 15 is 0 Å². The predicted molar refractivity (Wildman–Crippen MR) is 82.9 cm³/mol. The molecule has 3 rings (SSSR count). The smallest absolute Gasteiger partial charge is 0.342 e. The summed E-state index contributed by atoms with van der Waals surface area (Å²) in [6.07, 6.45) is -3.63. The van der Waals surface area contributed by atoms with E-state index in [1.165, 1.54) is 12.3 Å². The molecule has 2 aromatic carbocycles. The van der Waals surface area contributed by atoms with Crippen molar-refractivity contribution in [2.24, 2.45) is 0 Å². The highest BCUT2D eigenvalue weighted by Crippen LogP contribution is 2.29. The molecule has 0 saturated carbocycles. The van der Waals surface area contributed by atoms with Crippen LogP contribution in [0.4, 0.5) is 13.2 Å². The molecule has 0 spiro atoms. The Bertz CT molecular complexity index is 866. The fraction of sp³-hybridized carbons (Fsp3) is 0.118. The lowest BCUT2D eigenvalue weighted by Crippen LogP contribution is -2.22. The number of carbonyl (C=O) groups excluding carboxylic acids is 1. The first-order valence-corrected chi connectivity index (χ1v) is 7.18. The predicted octanol–water partition coefficient (Wildman–Crippen LogP) is 5.09. The zero-order valence-corrected chi connectivity index (χ0v) is 12.5. The van der Waals surface area contributed by atoms with E-state index < -0.39 is 12.0 Å². The van der Waals surface area contributed by atoms with Gasteiger partial charge in [-0.3, -0.25) is 4.79 Å². The van der Waals surface area contributed by atoms with E-state index in [2.05, 4.69) is 0 Å². The molecule has 23 heavy (non-hydrogen) atoms. The van der Waals surface area contributed by atoms with Crippen molar-refractivity contribution < 1.29 is 18.0 Å². The summed E-state index contributed by atoms with van der Waals surface area (Å²) in [7, 11) is 0. The van der Waals surface area contributed by atoms with Gasteiger partial charge in [0.15, 0.2) is 0 Å². The SMILES string of the molecule is O=C(c1cn(Cc2ccc(Cl)cc2)c2ccccc12)C(F)(F)F. The van der Waals surface area contributed by atoms with Crippen molar-refractivity contribution >= 4 is 28.3 Å². The molecule has 0 atom stereocenters. The van der Waals surface area contributed by atoms with Gasteiger partial charge in [0.25, 0.3) is 5.78 Å². The number of fused-ring (bicyclic) bond motifs is 1. The number of benzene rings is 2. The third kappa shape index (κ3) is 3.10. The van der Waals surface area contributed by atoms with Crippen molar-refractivity contribution in [3.8, 4) is 0 Å². The molecule has 0 aliphatic rings. The second-order valence-electron chi connectivity index (χ2n) is 5.14. The van der Waals surface area contributed by atoms with Crippen molar-refractivity contribution in [1.29, 1.82) is 0 Å². The molecular weight excluding hydrogens is 327 g/mol. The summed E-state index contributed by atoms with van der Waals surface area (Å²) in [6, 6.07) is 13.6. The van der Waals surface area contributed by atoms with Gasteiger partial charge in [0.1, 0.15) is 0 Å². The van der Waals surface area contributed by atoms with Gasteiger partial charge in [0, 0.05) is 28.7 Å². The summed E-state index contributed by atoms with van der Waals surface area (Å²) in [5.41, 5.74) is 1.12. The maximum Gasteiger partial charge on any atom is 0.454 e. The Morgan fingerprint density at radius 3 is 2.35 bits per heavy atom. The Kier molecular flexibility index (Phi) is 3.90. The molecule has 0 aliphatic heterocycles. The molecular formula is C17H11ClF3NO. The number of ketones is 1. The minimum atomic E-state index is -4.89. The van der Waals surface area contributed by atoms with Crippen molar-refractivity contribution in [2.75, 3.05) is 0 Å². The van der Waals surface area contributed by atoms with E-state index in [4.69, 9.17) is 11.6 Å². The number of carbonyl (C=O) groups is 1. The molecule has 0 bridgehead atoms. The summed E-state index contributed by atoms with van der Waals surface area (Å²) >= 11 is 5.83. The lowest BCUT2D eigenvalue weighted by Gasteiger charge is -2.05. The average molecular weight is 338 g/mol. The lowest BCUT2D eigenvalue weighted by atomic mass is 10.1. The average Bonchev–Trinajstić information content (AvgIpc) is 2.87. The van der Waals surface area contributed by atoms with Gasteiger partial charge < -0.3 is 4.57 Å². The van der Waals surface area contributed by atoms with Gasteiger partial charge in [0.2, 0.25) is 0 Å². The van der Waals surface area contributed by atoms with Crippen LogP contribution in [0.5, 0.6) is 0 Å². The minimum absolute atomic E-state index is 0.295. The highest BCUT2D eigenvalue weighted by Gasteiger charge is 2.40. The second kappa shape index (κ2) is 5.74. The number of hydrogen-bond acceptors (Lipinski definition) is 1. The van der Waals surface area contributed by atoms with Gasteiger partial charge >= 0.3 is 6.18 Å². The van der Waals surface area contributed by atoms with Crippen molar-refractivity contribution in [1.82, 2.24) is 4.57 Å². The fourth-order valence-corrected chi connectivity index (χ4v) is 2.62. The van der Waals surface area contributed by atoms with Crippen LogP contribution >= 0.6 is 11.6 Å². The number of rotatable bonds is 3. The summed E-state index contributed by atoms with van der Waals surface area (Å²) in [4.78, 5) is 11.6. The molecule has 1 heterocycles. The van der Waals surface area contributed by atoms with Gasteiger partial charge in [-0.25, -0.2) is 0 Å². The van der Waals surface area contributed by atoms with Crippen molar-refractivity contribution in [3.63, 3.8) is 0 Å². The van der Waals surface area contributed by atoms with E-state index in [-0.39, 0.29) is 5.56 Å². The zero-order valence-electron chi connectivity index (χ0n) is 11.8. The molecule has 0 saturated heterocycles. The van der Waals surface area contributed by atoms with Crippen LogP contribution < -0.4 is 0 Å². The van der Waals surface area contributed by atoms with Crippen molar-refractivity contribution in [2.45, 2.75) is 12.7 Å². The number of aromatic nitrogens is 1. The molecule has 0 aliphatic carbocycles. The first-order chi connectivity index (χ1) is 10.9. The van der Waals surface area contributed by atoms with Crippen LogP contribution in [0.25, 0.3) is 10.9 Å². The van der Waals surface area contributed by atoms with E-state index in [0.717, 1.165) is 5.56 Å². The highest BCUT2D eigenvalue weighted by molar-refractivity contribution is 6.30. The molecule has 1 aromatic heterocycles. The summed E-state index contributed by atoms with van der Waals surface area (Å²) in [5, 5.41) is 0.878. The van der Waals surface area contributed by atoms with Crippen LogP contribution in [0.2, 0.25) is 5.02 Å². The molecule has 0 N–H and O–H groups in total. The van der Waals surface area contributed by atoms with Crippen LogP contribution in [0, 0.1) is 0 Å². The first kappa shape index (κ1) is 15.6. The third-order valence-electron chi connectivity index (χ3n) is 3.56. The zero-order chi connectivity index (χ0) is 16.6. The second-order valence-corrected chi connectivity index (χ2v) is 5.58. The van der Waals surface area contributed by atoms with E-state index in [1.54, 1.807) is 47.0 Å². The Morgan fingerprint density at radius 2 is 1.70 bits per heavy atom. The molecule has 0 unspecified atom stereocenters. The standard InChI is InChI=1S/C17H11ClF3NO/c18-12-7-5-11(6-8-12)9-22-10-14(16(23)17(19,20)21)13-3-1-2-4-15(13)22/h1-8,10H,9H2. The summed E-state index contributed by atoms with van der Waals surface area (Å²) in [5.74, 6) is -1.83. The number of halogens is 4. The van der Waals surface area contributed by atoms with Gasteiger partial charge in [-0.15, -0.1) is 0 Å². The van der Waals surface area contributed by atoms with Crippen LogP contribution in [0.3, 0.4) is 0 Å². The topological polar surface area (TPSA) is 22.0 Å². The summed E-state index contributed by atoms with van der Waals surface area (Å²) in [6.45, 7) is 0.350. The Balaban J connectivity index is 2.08. The minimum Gasteiger partial charge on any atom is -0.342 e. The van der Waals surface area contributed by atoms with Gasteiger partial charge in [-0.1, -0.05) is 41.9 Å². The lowest BCUT2D eigenvalue weighted by molar-refractivity contribution is -0.0884. The largest absolute Gasteiger partial charge is 0.454 e. The van der Waals surface area contributed by atoms with Crippen LogP contribution in [0.15, 0.2) is 54.7 Å². The van der Waals surface area contributed by atoms with Crippen LogP contribution in [-0.4, -0.2) is 16.5 Å². The van der Waals surface area contributed by atoms with E-state index in [1.807, 2.05) is 0 Å². The summed E-state index contributed by atoms with van der Waals surface area (Å²) < 4.78 is 39.9. The monoisotopic (exact) mass is 337 g/mol. The Morgan fingerprint density at radius 1 is 1.04 bits per heavy atom. The number of Topliss-reactive ketones (excluding diaryl/α,β-unsaturated/α-hetero) is 1. The van der Waals surface area contributed by atoms with E-state index in [0.29, 0.717) is 22.5 Å². The molecule has 0 amide bonds. The Hall–Kier alpha value is -2.27. The number of para-hydroxylation sites is 1. The quantitative estimate of drug-likeness (QED) is 0.610. The van der Waals surface area contributed by atoms with Crippen LogP contribution in [0.1, 0.15) is 15.9 Å². The molecule has 2 nitrogen and oxygen atoms in total. The number of nitrogens with zero attached hydrogens (tertiary/aromatic N) is 1. The molecule has 3 aromatic rings. The van der Waals surface area contributed by atoms with Gasteiger partial charge in [-0.2, -0.15) is 13.2 Å². The van der Waals surface area contributed by atoms with E-state index in [9.17, 15) is 18.0 Å². The molecule has 0 fully saturated rings. The van der Waals surface area contributed by atoms with Gasteiger partial charge in [0.05, 0.1) is 5.56 Å².